The van der Waals surface area contributed by atoms with Crippen molar-refractivity contribution in [3.8, 4) is 0 Å². The molecule has 0 radical (unpaired) electrons. The van der Waals surface area contributed by atoms with E-state index in [4.69, 9.17) is 0 Å². The topological polar surface area (TPSA) is 46.9 Å². The molecule has 0 spiro atoms. The number of carbonyl (C=O) groups excluding carboxylic acids is 1. The molecule has 2 heterocycles. The molecule has 0 aromatic carbocycles. The number of halogens is 1. The summed E-state index contributed by atoms with van der Waals surface area (Å²) in [5, 5.41) is 7.83. The molecule has 19 heavy (non-hydrogen) atoms. The highest BCUT2D eigenvalue weighted by Gasteiger charge is 2.34. The van der Waals surface area contributed by atoms with Crippen LogP contribution >= 0.6 is 15.9 Å². The van der Waals surface area contributed by atoms with Crippen molar-refractivity contribution >= 4 is 21.7 Å². The number of aromatic nitrogens is 2. The van der Waals surface area contributed by atoms with Crippen molar-refractivity contribution in [1.82, 2.24) is 15.1 Å². The van der Waals surface area contributed by atoms with E-state index in [1.54, 1.807) is 0 Å². The molecule has 1 saturated heterocycles. The van der Waals surface area contributed by atoms with E-state index in [-0.39, 0.29) is 11.3 Å². The molecule has 1 aromatic heterocycles. The lowest BCUT2D eigenvalue weighted by molar-refractivity contribution is -0.125. The summed E-state index contributed by atoms with van der Waals surface area (Å²) in [5.41, 5.74) is 1.58. The van der Waals surface area contributed by atoms with Gasteiger partial charge in [0.1, 0.15) is 0 Å². The molecule has 1 atom stereocenters. The summed E-state index contributed by atoms with van der Waals surface area (Å²) in [6.45, 7) is 7.77. The molecule has 1 aliphatic rings. The van der Waals surface area contributed by atoms with Crippen LogP contribution in [0.4, 0.5) is 0 Å². The highest BCUT2D eigenvalue weighted by Crippen LogP contribution is 2.26. The van der Waals surface area contributed by atoms with Crippen molar-refractivity contribution in [1.29, 1.82) is 0 Å². The Morgan fingerprint density at radius 2 is 2.26 bits per heavy atom. The van der Waals surface area contributed by atoms with E-state index >= 15 is 0 Å². The number of nitrogens with one attached hydrogen (secondary N) is 1. The molecular formula is C14H22BrN3O. The number of nitrogens with zero attached hydrogens (tertiary/aromatic N) is 2. The lowest BCUT2D eigenvalue weighted by Gasteiger charge is -2.33. The van der Waals surface area contributed by atoms with E-state index < -0.39 is 0 Å². The van der Waals surface area contributed by atoms with Gasteiger partial charge in [0.05, 0.1) is 27.8 Å². The van der Waals surface area contributed by atoms with Gasteiger partial charge < -0.3 is 5.32 Å². The minimum Gasteiger partial charge on any atom is -0.305 e. The molecule has 106 valence electrons. The number of hydrogen-bond acceptors (Lipinski definition) is 3. The van der Waals surface area contributed by atoms with Crippen LogP contribution in [0.5, 0.6) is 0 Å². The van der Waals surface area contributed by atoms with Crippen molar-refractivity contribution in [2.24, 2.45) is 0 Å². The largest absolute Gasteiger partial charge is 0.305 e. The fourth-order valence-electron chi connectivity index (χ4n) is 2.68. The Hall–Kier alpha value is -0.680. The predicted octanol–water partition coefficient (Wildman–Crippen LogP) is 2.62. The Kier molecular flexibility index (Phi) is 4.46. The van der Waals surface area contributed by atoms with Crippen LogP contribution in [-0.4, -0.2) is 27.6 Å². The van der Waals surface area contributed by atoms with Crippen LogP contribution in [0, 0.1) is 6.92 Å². The molecular weight excluding hydrogens is 306 g/mol. The van der Waals surface area contributed by atoms with Gasteiger partial charge in [-0.05, 0) is 62.5 Å². The van der Waals surface area contributed by atoms with E-state index in [9.17, 15) is 4.79 Å². The maximum atomic E-state index is 12.6. The van der Waals surface area contributed by atoms with Gasteiger partial charge in [-0.25, -0.2) is 0 Å². The fraction of sp³-hybridized carbons (Fsp3) is 0.714. The number of ketones is 1. The second-order valence-corrected chi connectivity index (χ2v) is 6.27. The molecule has 1 aliphatic heterocycles. The molecule has 1 unspecified atom stereocenters. The third kappa shape index (κ3) is 2.92. The second-order valence-electron chi connectivity index (χ2n) is 5.48. The highest BCUT2D eigenvalue weighted by atomic mass is 79.9. The monoisotopic (exact) mass is 327 g/mol. The van der Waals surface area contributed by atoms with Crippen molar-refractivity contribution in [2.45, 2.75) is 58.5 Å². The van der Waals surface area contributed by atoms with Gasteiger partial charge in [-0.15, -0.1) is 0 Å². The van der Waals surface area contributed by atoms with Gasteiger partial charge >= 0.3 is 0 Å². The lowest BCUT2D eigenvalue weighted by Crippen LogP contribution is -2.53. The zero-order valence-electron chi connectivity index (χ0n) is 11.9. The minimum atomic E-state index is -0.367. The van der Waals surface area contributed by atoms with Gasteiger partial charge in [-0.2, -0.15) is 5.10 Å². The van der Waals surface area contributed by atoms with Gasteiger partial charge in [-0.3, -0.25) is 9.48 Å². The van der Waals surface area contributed by atoms with Crippen LogP contribution in [0.2, 0.25) is 0 Å². The van der Waals surface area contributed by atoms with Crippen LogP contribution in [0.15, 0.2) is 4.47 Å². The quantitative estimate of drug-likeness (QED) is 0.924. The highest BCUT2D eigenvalue weighted by molar-refractivity contribution is 9.10. The number of piperidine rings is 1. The summed E-state index contributed by atoms with van der Waals surface area (Å²) in [4.78, 5) is 12.6. The van der Waals surface area contributed by atoms with Crippen molar-refractivity contribution in [3.05, 3.63) is 15.9 Å². The number of aryl methyl sites for hydroxylation is 2. The Labute approximate surface area is 123 Å². The maximum absolute atomic E-state index is 12.6. The van der Waals surface area contributed by atoms with Gasteiger partial charge in [0.15, 0.2) is 5.78 Å². The zero-order valence-corrected chi connectivity index (χ0v) is 13.5. The van der Waals surface area contributed by atoms with Crippen LogP contribution in [-0.2, 0) is 17.8 Å². The fourth-order valence-corrected chi connectivity index (χ4v) is 3.10. The van der Waals surface area contributed by atoms with Crippen LogP contribution in [0.1, 0.15) is 44.5 Å². The van der Waals surface area contributed by atoms with E-state index in [0.717, 1.165) is 41.8 Å². The third-order valence-electron chi connectivity index (χ3n) is 4.01. The molecule has 0 saturated carbocycles. The Morgan fingerprint density at radius 3 is 2.84 bits per heavy atom. The summed E-state index contributed by atoms with van der Waals surface area (Å²) >= 11 is 3.56. The lowest BCUT2D eigenvalue weighted by atomic mass is 9.85. The number of hydrogen-bond donors (Lipinski definition) is 1. The van der Waals surface area contributed by atoms with Gasteiger partial charge in [0.2, 0.25) is 0 Å². The summed E-state index contributed by atoms with van der Waals surface area (Å²) in [7, 11) is 0. The van der Waals surface area contributed by atoms with Crippen LogP contribution in [0.3, 0.4) is 0 Å². The standard InChI is InChI=1S/C14H22BrN3O/c1-4-18-11(13(15)10(2)17-18)9-12(19)14(3)7-5-6-8-16-14/h16H,4-9H2,1-3H3. The number of Topliss-reactive ketones (excluding diaryl/α,β-unsaturated/α-hetero) is 1. The molecule has 0 aliphatic carbocycles. The van der Waals surface area contributed by atoms with Crippen molar-refractivity contribution in [3.63, 3.8) is 0 Å². The van der Waals surface area contributed by atoms with Crippen molar-refractivity contribution < 1.29 is 4.79 Å². The second kappa shape index (κ2) is 5.75. The molecule has 1 fully saturated rings. The first-order valence-corrected chi connectivity index (χ1v) is 7.77. The first-order valence-electron chi connectivity index (χ1n) is 6.98. The summed E-state index contributed by atoms with van der Waals surface area (Å²) in [5.74, 6) is 0.266. The minimum absolute atomic E-state index is 0.266. The van der Waals surface area contributed by atoms with Gasteiger partial charge in [0, 0.05) is 6.54 Å². The maximum Gasteiger partial charge on any atom is 0.158 e. The molecule has 2 rings (SSSR count). The molecule has 0 bridgehead atoms. The van der Waals surface area contributed by atoms with E-state index in [0.29, 0.717) is 6.42 Å². The summed E-state index contributed by atoms with van der Waals surface area (Å²) < 4.78 is 2.89. The smallest absolute Gasteiger partial charge is 0.158 e. The molecule has 4 nitrogen and oxygen atoms in total. The SMILES string of the molecule is CCn1nc(C)c(Br)c1CC(=O)C1(C)CCCCN1. The molecule has 5 heteroatoms. The first kappa shape index (κ1) is 14.7. The predicted molar refractivity (Wildman–Crippen MR) is 79.3 cm³/mol. The molecule has 1 N–H and O–H groups in total. The van der Waals surface area contributed by atoms with Crippen LogP contribution in [0.25, 0.3) is 0 Å². The molecule has 1 aromatic rings. The summed E-state index contributed by atoms with van der Waals surface area (Å²) in [6.07, 6.45) is 3.67. The van der Waals surface area contributed by atoms with E-state index in [1.165, 1.54) is 6.42 Å². The van der Waals surface area contributed by atoms with E-state index in [2.05, 4.69) is 26.3 Å². The third-order valence-corrected chi connectivity index (χ3v) is 5.05. The Balaban J connectivity index is 2.18. The number of carbonyl (C=O) groups is 1. The Bertz CT molecular complexity index is 475. The van der Waals surface area contributed by atoms with E-state index in [1.807, 2.05) is 25.5 Å². The average Bonchev–Trinajstić information content (AvgIpc) is 2.67. The zero-order chi connectivity index (χ0) is 14.0. The summed E-state index contributed by atoms with van der Waals surface area (Å²) in [6, 6.07) is 0. The normalized spacial score (nSPS) is 23.6. The Morgan fingerprint density at radius 1 is 1.53 bits per heavy atom. The van der Waals surface area contributed by atoms with Gasteiger partial charge in [-0.1, -0.05) is 0 Å². The number of rotatable bonds is 4. The van der Waals surface area contributed by atoms with Crippen LogP contribution < -0.4 is 5.32 Å². The van der Waals surface area contributed by atoms with Gasteiger partial charge in [0.25, 0.3) is 0 Å². The average molecular weight is 328 g/mol. The first-order chi connectivity index (χ1) is 8.98. The van der Waals surface area contributed by atoms with Crippen molar-refractivity contribution in [2.75, 3.05) is 6.54 Å². The molecule has 0 amide bonds.